The summed E-state index contributed by atoms with van der Waals surface area (Å²) < 4.78 is 10.7. The van der Waals surface area contributed by atoms with Crippen molar-refractivity contribution in [3.8, 4) is 11.5 Å². The monoisotopic (exact) mass is 254 g/mol. The SMILES string of the molecule is COc1cc(CO)ccc1OCCC/C(N)=N/O. The molecule has 0 unspecified atom stereocenters. The smallest absolute Gasteiger partial charge is 0.161 e. The van der Waals surface area contributed by atoms with E-state index in [9.17, 15) is 0 Å². The maximum absolute atomic E-state index is 9.00. The van der Waals surface area contributed by atoms with Gasteiger partial charge in [0.1, 0.15) is 5.84 Å². The van der Waals surface area contributed by atoms with Gasteiger partial charge in [-0.15, -0.1) is 0 Å². The number of nitrogens with two attached hydrogens (primary N) is 1. The number of hydrogen-bond acceptors (Lipinski definition) is 5. The predicted molar refractivity (Wildman–Crippen MR) is 67.1 cm³/mol. The fourth-order valence-electron chi connectivity index (χ4n) is 1.42. The third-order valence-corrected chi connectivity index (χ3v) is 2.37. The van der Waals surface area contributed by atoms with Crippen molar-refractivity contribution in [3.05, 3.63) is 23.8 Å². The van der Waals surface area contributed by atoms with Gasteiger partial charge in [-0.3, -0.25) is 0 Å². The molecule has 0 amide bonds. The Bertz CT molecular complexity index is 407. The molecule has 0 aliphatic rings. The van der Waals surface area contributed by atoms with Gasteiger partial charge in [-0.25, -0.2) is 0 Å². The van der Waals surface area contributed by atoms with Gasteiger partial charge >= 0.3 is 0 Å². The standard InChI is InChI=1S/C12H18N2O4/c1-17-11-7-9(8-15)4-5-10(11)18-6-2-3-12(13)14-16/h4-5,7,15-16H,2-3,6,8H2,1H3,(H2,13,14). The molecule has 18 heavy (non-hydrogen) atoms. The summed E-state index contributed by atoms with van der Waals surface area (Å²) >= 11 is 0. The van der Waals surface area contributed by atoms with E-state index < -0.39 is 0 Å². The lowest BCUT2D eigenvalue weighted by atomic mass is 10.2. The van der Waals surface area contributed by atoms with Crippen molar-refractivity contribution in [2.24, 2.45) is 10.9 Å². The zero-order valence-corrected chi connectivity index (χ0v) is 10.3. The summed E-state index contributed by atoms with van der Waals surface area (Å²) in [6, 6.07) is 5.23. The number of benzene rings is 1. The summed E-state index contributed by atoms with van der Waals surface area (Å²) in [4.78, 5) is 0. The molecule has 0 aliphatic carbocycles. The van der Waals surface area contributed by atoms with Crippen molar-refractivity contribution in [1.82, 2.24) is 0 Å². The molecular weight excluding hydrogens is 236 g/mol. The Hall–Kier alpha value is -1.95. The minimum atomic E-state index is -0.0415. The van der Waals surface area contributed by atoms with Gasteiger partial charge in [-0.2, -0.15) is 0 Å². The Kier molecular flexibility index (Phi) is 5.79. The van der Waals surface area contributed by atoms with E-state index in [4.69, 9.17) is 25.5 Å². The van der Waals surface area contributed by atoms with E-state index in [1.165, 1.54) is 0 Å². The van der Waals surface area contributed by atoms with Crippen molar-refractivity contribution in [2.75, 3.05) is 13.7 Å². The lowest BCUT2D eigenvalue weighted by Crippen LogP contribution is -2.12. The van der Waals surface area contributed by atoms with E-state index in [1.807, 2.05) is 0 Å². The molecule has 0 aliphatic heterocycles. The molecule has 0 saturated carbocycles. The van der Waals surface area contributed by atoms with Gasteiger partial charge in [0.2, 0.25) is 0 Å². The van der Waals surface area contributed by atoms with E-state index >= 15 is 0 Å². The van der Waals surface area contributed by atoms with E-state index in [-0.39, 0.29) is 12.4 Å². The number of hydrogen-bond donors (Lipinski definition) is 3. The zero-order chi connectivity index (χ0) is 13.4. The molecule has 0 radical (unpaired) electrons. The minimum absolute atomic E-state index is 0.0415. The van der Waals surface area contributed by atoms with E-state index in [1.54, 1.807) is 25.3 Å². The molecule has 0 fully saturated rings. The van der Waals surface area contributed by atoms with E-state index in [2.05, 4.69) is 5.16 Å². The summed E-state index contributed by atoms with van der Waals surface area (Å²) in [5.74, 6) is 1.36. The molecule has 1 aromatic carbocycles. The zero-order valence-electron chi connectivity index (χ0n) is 10.3. The first-order chi connectivity index (χ1) is 8.71. The van der Waals surface area contributed by atoms with Crippen LogP contribution < -0.4 is 15.2 Å². The average Bonchev–Trinajstić information content (AvgIpc) is 2.43. The van der Waals surface area contributed by atoms with Gasteiger partial charge in [0.15, 0.2) is 11.5 Å². The lowest BCUT2D eigenvalue weighted by molar-refractivity contribution is 0.276. The highest BCUT2D eigenvalue weighted by atomic mass is 16.5. The fraction of sp³-hybridized carbons (Fsp3) is 0.417. The third kappa shape index (κ3) is 4.14. The van der Waals surface area contributed by atoms with Crippen LogP contribution in [0.4, 0.5) is 0 Å². The largest absolute Gasteiger partial charge is 0.493 e. The number of aliphatic hydroxyl groups is 1. The molecule has 100 valence electrons. The maximum Gasteiger partial charge on any atom is 0.161 e. The fourth-order valence-corrected chi connectivity index (χ4v) is 1.42. The molecule has 0 saturated heterocycles. The predicted octanol–water partition coefficient (Wildman–Crippen LogP) is 1.09. The number of methoxy groups -OCH3 is 1. The molecule has 0 heterocycles. The van der Waals surface area contributed by atoms with Gasteiger partial charge in [0, 0.05) is 6.42 Å². The Labute approximate surface area is 106 Å². The summed E-state index contributed by atoms with van der Waals surface area (Å²) in [7, 11) is 1.54. The highest BCUT2D eigenvalue weighted by molar-refractivity contribution is 5.79. The van der Waals surface area contributed by atoms with Crippen molar-refractivity contribution < 1.29 is 19.8 Å². The Balaban J connectivity index is 2.51. The molecule has 4 N–H and O–H groups in total. The highest BCUT2D eigenvalue weighted by Gasteiger charge is 2.05. The molecule has 0 spiro atoms. The van der Waals surface area contributed by atoms with Crippen molar-refractivity contribution in [2.45, 2.75) is 19.4 Å². The molecule has 1 aromatic rings. The quantitative estimate of drug-likeness (QED) is 0.222. The summed E-state index contributed by atoms with van der Waals surface area (Å²) in [5, 5.41) is 20.2. The van der Waals surface area contributed by atoms with Crippen molar-refractivity contribution in [1.29, 1.82) is 0 Å². The van der Waals surface area contributed by atoms with E-state index in [0.29, 0.717) is 30.9 Å². The normalized spacial score (nSPS) is 11.3. The number of amidine groups is 1. The van der Waals surface area contributed by atoms with Crippen LogP contribution in [0.25, 0.3) is 0 Å². The Morgan fingerprint density at radius 3 is 2.78 bits per heavy atom. The molecule has 0 atom stereocenters. The van der Waals surface area contributed by atoms with Gasteiger partial charge in [-0.05, 0) is 24.1 Å². The van der Waals surface area contributed by atoms with Crippen LogP contribution in [0, 0.1) is 0 Å². The molecule has 6 heteroatoms. The maximum atomic E-state index is 9.00. The molecule has 6 nitrogen and oxygen atoms in total. The first kappa shape index (κ1) is 14.1. The van der Waals surface area contributed by atoms with Crippen LogP contribution in [0.5, 0.6) is 11.5 Å². The van der Waals surface area contributed by atoms with Crippen LogP contribution in [-0.2, 0) is 6.61 Å². The van der Waals surface area contributed by atoms with Gasteiger partial charge in [0.05, 0.1) is 20.3 Å². The summed E-state index contributed by atoms with van der Waals surface area (Å²) in [5.41, 5.74) is 6.10. The number of ether oxygens (including phenoxy) is 2. The van der Waals surface area contributed by atoms with Crippen LogP contribution in [-0.4, -0.2) is 29.9 Å². The second kappa shape index (κ2) is 7.39. The highest BCUT2D eigenvalue weighted by Crippen LogP contribution is 2.28. The van der Waals surface area contributed by atoms with Crippen LogP contribution in [0.1, 0.15) is 18.4 Å². The number of rotatable bonds is 7. The van der Waals surface area contributed by atoms with E-state index in [0.717, 1.165) is 5.56 Å². The second-order valence-electron chi connectivity index (χ2n) is 3.69. The molecule has 0 bridgehead atoms. The van der Waals surface area contributed by atoms with Crippen LogP contribution in [0.15, 0.2) is 23.4 Å². The van der Waals surface area contributed by atoms with Crippen molar-refractivity contribution in [3.63, 3.8) is 0 Å². The second-order valence-corrected chi connectivity index (χ2v) is 3.69. The van der Waals surface area contributed by atoms with Crippen molar-refractivity contribution >= 4 is 5.84 Å². The number of nitrogens with zero attached hydrogens (tertiary/aromatic N) is 1. The summed E-state index contributed by atoms with van der Waals surface area (Å²) in [6.07, 6.45) is 1.11. The Morgan fingerprint density at radius 1 is 1.39 bits per heavy atom. The van der Waals surface area contributed by atoms with Crippen LogP contribution in [0.3, 0.4) is 0 Å². The first-order valence-corrected chi connectivity index (χ1v) is 5.58. The number of aliphatic hydroxyl groups excluding tert-OH is 1. The molecule has 0 aromatic heterocycles. The third-order valence-electron chi connectivity index (χ3n) is 2.37. The van der Waals surface area contributed by atoms with Gasteiger partial charge in [-0.1, -0.05) is 11.2 Å². The van der Waals surface area contributed by atoms with Crippen LogP contribution in [0.2, 0.25) is 0 Å². The van der Waals surface area contributed by atoms with Gasteiger partial charge < -0.3 is 25.5 Å². The topological polar surface area (TPSA) is 97.3 Å². The average molecular weight is 254 g/mol. The molecule has 1 rings (SSSR count). The number of oxime groups is 1. The minimum Gasteiger partial charge on any atom is -0.493 e. The van der Waals surface area contributed by atoms with Crippen LogP contribution >= 0.6 is 0 Å². The summed E-state index contributed by atoms with van der Waals surface area (Å²) in [6.45, 7) is 0.394. The first-order valence-electron chi connectivity index (χ1n) is 5.58. The Morgan fingerprint density at radius 2 is 2.17 bits per heavy atom. The molecular formula is C12H18N2O4. The lowest BCUT2D eigenvalue weighted by Gasteiger charge is -2.11. The van der Waals surface area contributed by atoms with Gasteiger partial charge in [0.25, 0.3) is 0 Å².